The Morgan fingerprint density at radius 1 is 1.24 bits per heavy atom. The third-order valence-electron chi connectivity index (χ3n) is 6.93. The summed E-state index contributed by atoms with van der Waals surface area (Å²) in [5.41, 5.74) is 4.72. The van der Waals surface area contributed by atoms with Crippen LogP contribution in [-0.4, -0.2) is 61.2 Å². The highest BCUT2D eigenvalue weighted by Crippen LogP contribution is 2.47. The summed E-state index contributed by atoms with van der Waals surface area (Å²) in [6.07, 6.45) is 3.33. The van der Waals surface area contributed by atoms with Crippen LogP contribution in [0.25, 0.3) is 17.0 Å². The highest BCUT2D eigenvalue weighted by Gasteiger charge is 2.36. The van der Waals surface area contributed by atoms with E-state index in [4.69, 9.17) is 9.47 Å². The number of H-pyrrole nitrogens is 1. The number of amides is 1. The molecule has 1 amide bonds. The number of aromatic amines is 1. The Morgan fingerprint density at radius 3 is 2.59 bits per heavy atom. The minimum atomic E-state index is -0.488. The van der Waals surface area contributed by atoms with Gasteiger partial charge < -0.3 is 29.4 Å². The van der Waals surface area contributed by atoms with Crippen LogP contribution >= 0.6 is 15.9 Å². The van der Waals surface area contributed by atoms with Gasteiger partial charge in [-0.25, -0.2) is 4.79 Å². The molecule has 9 heteroatoms. The Hall–Kier alpha value is -3.46. The summed E-state index contributed by atoms with van der Waals surface area (Å²) >= 11 is 3.58. The molecule has 0 radical (unpaired) electrons. The molecule has 2 N–H and O–H groups in total. The summed E-state index contributed by atoms with van der Waals surface area (Å²) in [7, 11) is 2.98. The molecule has 2 aromatic carbocycles. The van der Waals surface area contributed by atoms with Crippen LogP contribution in [0.5, 0.6) is 11.5 Å². The van der Waals surface area contributed by atoms with Crippen LogP contribution in [0.1, 0.15) is 46.9 Å². The van der Waals surface area contributed by atoms with Crippen LogP contribution in [0, 0.1) is 6.92 Å². The minimum absolute atomic E-state index is 0.0250. The van der Waals surface area contributed by atoms with Crippen molar-refractivity contribution < 1.29 is 24.2 Å². The second kappa shape index (κ2) is 10.9. The van der Waals surface area contributed by atoms with Crippen LogP contribution in [0.2, 0.25) is 0 Å². The van der Waals surface area contributed by atoms with Crippen LogP contribution in [0.15, 0.2) is 30.3 Å². The van der Waals surface area contributed by atoms with E-state index in [1.807, 2.05) is 18.2 Å². The number of carbonyl (C=O) groups excluding carboxylic acids is 2. The van der Waals surface area contributed by atoms with Crippen LogP contribution in [0.3, 0.4) is 0 Å². The number of anilines is 2. The lowest BCUT2D eigenvalue weighted by Crippen LogP contribution is -2.28. The lowest BCUT2D eigenvalue weighted by atomic mass is 9.96. The first kappa shape index (κ1) is 26.6. The lowest BCUT2D eigenvalue weighted by Gasteiger charge is -2.23. The maximum Gasteiger partial charge on any atom is 0.340 e. The van der Waals surface area contributed by atoms with E-state index in [2.05, 4.69) is 39.7 Å². The molecule has 0 bridgehead atoms. The first-order valence-electron chi connectivity index (χ1n) is 12.2. The van der Waals surface area contributed by atoms with Gasteiger partial charge in [-0.1, -0.05) is 22.0 Å². The summed E-state index contributed by atoms with van der Waals surface area (Å²) in [6.45, 7) is 8.03. The molecule has 37 heavy (non-hydrogen) atoms. The number of nitrogens with zero attached hydrogens (tertiary/aromatic N) is 2. The maximum absolute atomic E-state index is 13.4. The summed E-state index contributed by atoms with van der Waals surface area (Å²) in [5, 5.41) is 12.0. The predicted octanol–water partition coefficient (Wildman–Crippen LogP) is 5.36. The number of ether oxygens (including phenoxy) is 2. The standard InChI is InChI=1S/C28H32BrN3O5/c1-6-31(7-2)19-12-17(8-10-22(19)36-4)9-11-23(34)32-15-18(14-29)25-20(32)13-21(33)27-26(25)24(16(3)30-27)28(35)37-5/h8-13,18,30,33H,6-7,14-15H2,1-5H3/b11-9+/t18-/m1/s1. The van der Waals surface area contributed by atoms with E-state index in [9.17, 15) is 14.7 Å². The maximum atomic E-state index is 13.4. The molecule has 4 rings (SSSR count). The zero-order chi connectivity index (χ0) is 26.9. The number of esters is 1. The third kappa shape index (κ3) is 4.68. The fourth-order valence-corrected chi connectivity index (χ4v) is 5.64. The summed E-state index contributed by atoms with van der Waals surface area (Å²) in [4.78, 5) is 33.0. The van der Waals surface area contributed by atoms with E-state index in [-0.39, 0.29) is 17.6 Å². The number of fused-ring (bicyclic) bond motifs is 3. The van der Waals surface area contributed by atoms with Crippen molar-refractivity contribution in [1.29, 1.82) is 0 Å². The highest BCUT2D eigenvalue weighted by atomic mass is 79.9. The molecule has 196 valence electrons. The second-order valence-electron chi connectivity index (χ2n) is 8.93. The molecule has 0 saturated carbocycles. The fourth-order valence-electron chi connectivity index (χ4n) is 5.11. The number of rotatable bonds is 8. The van der Waals surface area contributed by atoms with Crippen LogP contribution in [0.4, 0.5) is 11.4 Å². The zero-order valence-corrected chi connectivity index (χ0v) is 23.3. The average molecular weight is 570 g/mol. The number of carbonyl (C=O) groups is 2. The van der Waals surface area contributed by atoms with E-state index in [0.29, 0.717) is 39.7 Å². The monoisotopic (exact) mass is 569 g/mol. The number of aromatic nitrogens is 1. The number of alkyl halides is 1. The molecule has 1 aliphatic rings. The Morgan fingerprint density at radius 2 is 1.97 bits per heavy atom. The molecule has 0 spiro atoms. The van der Waals surface area contributed by atoms with Gasteiger partial charge in [-0.15, -0.1) is 0 Å². The number of hydrogen-bond acceptors (Lipinski definition) is 6. The van der Waals surface area contributed by atoms with Crippen molar-refractivity contribution >= 4 is 56.2 Å². The molecule has 1 aromatic heterocycles. The molecular formula is C28H32BrN3O5. The average Bonchev–Trinajstić information content (AvgIpc) is 3.45. The smallest absolute Gasteiger partial charge is 0.340 e. The number of nitrogens with one attached hydrogen (secondary N) is 1. The SMILES string of the molecule is CCN(CC)c1cc(/C=C/C(=O)N2C[C@@H](CBr)c3c2cc(O)c2[nH]c(C)c(C(=O)OC)c32)ccc1OC. The molecule has 0 aliphatic carbocycles. The Kier molecular flexibility index (Phi) is 7.82. The van der Waals surface area contributed by atoms with Crippen molar-refractivity contribution in [1.82, 2.24) is 4.98 Å². The van der Waals surface area contributed by atoms with Gasteiger partial charge in [-0.3, -0.25) is 4.79 Å². The van der Waals surface area contributed by atoms with Gasteiger partial charge in [0.2, 0.25) is 0 Å². The van der Waals surface area contributed by atoms with E-state index < -0.39 is 5.97 Å². The molecule has 0 fully saturated rings. The van der Waals surface area contributed by atoms with Crippen molar-refractivity contribution in [2.75, 3.05) is 49.0 Å². The summed E-state index contributed by atoms with van der Waals surface area (Å²) in [6, 6.07) is 7.42. The van der Waals surface area contributed by atoms with Crippen molar-refractivity contribution in [3.63, 3.8) is 0 Å². The highest BCUT2D eigenvalue weighted by molar-refractivity contribution is 9.09. The van der Waals surface area contributed by atoms with E-state index in [0.717, 1.165) is 35.7 Å². The summed E-state index contributed by atoms with van der Waals surface area (Å²) < 4.78 is 10.5. The largest absolute Gasteiger partial charge is 0.506 e. The molecular weight excluding hydrogens is 538 g/mol. The number of phenols is 1. The van der Waals surface area contributed by atoms with Crippen molar-refractivity contribution in [3.8, 4) is 11.5 Å². The zero-order valence-electron chi connectivity index (χ0n) is 21.7. The van der Waals surface area contributed by atoms with Crippen LogP contribution in [-0.2, 0) is 9.53 Å². The number of aromatic hydroxyl groups is 1. The fraction of sp³-hybridized carbons (Fsp3) is 0.357. The van der Waals surface area contributed by atoms with Gasteiger partial charge >= 0.3 is 5.97 Å². The first-order valence-corrected chi connectivity index (χ1v) is 13.4. The third-order valence-corrected chi connectivity index (χ3v) is 7.71. The lowest BCUT2D eigenvalue weighted by molar-refractivity contribution is -0.114. The normalized spacial score (nSPS) is 14.9. The van der Waals surface area contributed by atoms with Crippen molar-refractivity contribution in [2.24, 2.45) is 0 Å². The van der Waals surface area contributed by atoms with Crippen LogP contribution < -0.4 is 14.5 Å². The number of phenolic OH excluding ortho intramolecular Hbond substituents is 1. The van der Waals surface area contributed by atoms with Gasteiger partial charge in [0.05, 0.1) is 36.7 Å². The Bertz CT molecular complexity index is 1380. The number of halogens is 1. The quantitative estimate of drug-likeness (QED) is 0.215. The first-order chi connectivity index (χ1) is 17.8. The van der Waals surface area contributed by atoms with Gasteiger partial charge in [-0.05, 0) is 50.1 Å². The van der Waals surface area contributed by atoms with Gasteiger partial charge in [-0.2, -0.15) is 0 Å². The van der Waals surface area contributed by atoms with Gasteiger partial charge in [0.25, 0.3) is 5.91 Å². The molecule has 3 aromatic rings. The minimum Gasteiger partial charge on any atom is -0.506 e. The molecule has 0 unspecified atom stereocenters. The number of hydrogen-bond donors (Lipinski definition) is 2. The number of aryl methyl sites for hydroxylation is 1. The summed E-state index contributed by atoms with van der Waals surface area (Å²) in [5.74, 6) is -0.00978. The van der Waals surface area contributed by atoms with E-state index >= 15 is 0 Å². The van der Waals surface area contributed by atoms with Crippen molar-refractivity contribution in [2.45, 2.75) is 26.7 Å². The topological polar surface area (TPSA) is 95.1 Å². The van der Waals surface area contributed by atoms with Gasteiger partial charge in [0, 0.05) is 54.1 Å². The molecule has 1 atom stereocenters. The predicted molar refractivity (Wildman–Crippen MR) is 151 cm³/mol. The molecule has 8 nitrogen and oxygen atoms in total. The number of methoxy groups -OCH3 is 2. The van der Waals surface area contributed by atoms with Gasteiger partial charge in [0.15, 0.2) is 0 Å². The molecule has 1 aliphatic heterocycles. The van der Waals surface area contributed by atoms with Crippen molar-refractivity contribution in [3.05, 3.63) is 52.7 Å². The second-order valence-corrected chi connectivity index (χ2v) is 9.58. The Balaban J connectivity index is 1.74. The van der Waals surface area contributed by atoms with Gasteiger partial charge in [0.1, 0.15) is 11.5 Å². The Labute approximate surface area is 225 Å². The van der Waals surface area contributed by atoms with E-state index in [1.165, 1.54) is 7.11 Å². The molecule has 2 heterocycles. The van der Waals surface area contributed by atoms with E-state index in [1.54, 1.807) is 37.2 Å². The number of benzene rings is 2. The molecule has 0 saturated heterocycles.